The number of amides is 2. The normalized spacial score (nSPS) is 12.4. The molecule has 0 radical (unpaired) electrons. The monoisotopic (exact) mass is 270 g/mol. The fourth-order valence-corrected chi connectivity index (χ4v) is 1.50. The number of ketones is 1. The van der Waals surface area contributed by atoms with Crippen LogP contribution in [0.5, 0.6) is 0 Å². The number of rotatable bonds is 8. The maximum atomic E-state index is 12.0. The van der Waals surface area contributed by atoms with Gasteiger partial charge in [-0.05, 0) is 12.3 Å². The second-order valence-electron chi connectivity index (χ2n) is 5.38. The third-order valence-electron chi connectivity index (χ3n) is 2.82. The Hall–Kier alpha value is -1.39. The van der Waals surface area contributed by atoms with Crippen LogP contribution in [0.4, 0.5) is 0 Å². The molecule has 0 heterocycles. The van der Waals surface area contributed by atoms with Gasteiger partial charge in [-0.3, -0.25) is 14.4 Å². The second kappa shape index (κ2) is 8.67. The van der Waals surface area contributed by atoms with E-state index in [-0.39, 0.29) is 36.0 Å². The first kappa shape index (κ1) is 17.6. The van der Waals surface area contributed by atoms with Gasteiger partial charge in [-0.15, -0.1) is 0 Å². The van der Waals surface area contributed by atoms with E-state index in [4.69, 9.17) is 0 Å². The second-order valence-corrected chi connectivity index (χ2v) is 5.38. The molecule has 2 N–H and O–H groups in total. The largest absolute Gasteiger partial charge is 0.347 e. The van der Waals surface area contributed by atoms with Crippen LogP contribution in [0.2, 0.25) is 0 Å². The molecule has 0 aliphatic rings. The van der Waals surface area contributed by atoms with E-state index in [0.717, 1.165) is 6.42 Å². The lowest BCUT2D eigenvalue weighted by Crippen LogP contribution is -2.50. The summed E-state index contributed by atoms with van der Waals surface area (Å²) >= 11 is 0. The number of Topliss-reactive ketones (excluding diaryl/α,β-unsaturated/α-hetero) is 1. The Balaban J connectivity index is 4.42. The molecule has 0 aliphatic heterocycles. The van der Waals surface area contributed by atoms with E-state index in [1.807, 2.05) is 20.8 Å². The molecule has 0 aromatic carbocycles. The number of nitrogens with one attached hydrogen (secondary N) is 2. The first-order chi connectivity index (χ1) is 8.79. The Labute approximate surface area is 115 Å². The summed E-state index contributed by atoms with van der Waals surface area (Å²) in [6.45, 7) is 9.23. The maximum absolute atomic E-state index is 12.0. The number of hydrogen-bond donors (Lipinski definition) is 2. The standard InChI is InChI=1S/C14H26N2O3/c1-6-7-12(18)16-13(10(4)5)14(19)15-8-11(17)9(2)3/h9-10,13H,6-8H2,1-5H3,(H,15,19)(H,16,18). The summed E-state index contributed by atoms with van der Waals surface area (Å²) in [4.78, 5) is 35.0. The first-order valence-electron chi connectivity index (χ1n) is 6.89. The zero-order chi connectivity index (χ0) is 15.0. The van der Waals surface area contributed by atoms with Crippen molar-refractivity contribution in [2.24, 2.45) is 11.8 Å². The maximum Gasteiger partial charge on any atom is 0.243 e. The summed E-state index contributed by atoms with van der Waals surface area (Å²) in [5, 5.41) is 5.30. The van der Waals surface area contributed by atoms with E-state index in [2.05, 4.69) is 10.6 Å². The van der Waals surface area contributed by atoms with Gasteiger partial charge in [0, 0.05) is 12.3 Å². The topological polar surface area (TPSA) is 75.3 Å². The van der Waals surface area contributed by atoms with Gasteiger partial charge in [0.1, 0.15) is 6.04 Å². The molecule has 0 rings (SSSR count). The Morgan fingerprint density at radius 2 is 1.63 bits per heavy atom. The van der Waals surface area contributed by atoms with Crippen LogP contribution in [-0.2, 0) is 14.4 Å². The van der Waals surface area contributed by atoms with Crippen LogP contribution < -0.4 is 10.6 Å². The van der Waals surface area contributed by atoms with Crippen molar-refractivity contribution in [3.63, 3.8) is 0 Å². The van der Waals surface area contributed by atoms with Gasteiger partial charge in [-0.25, -0.2) is 0 Å². The van der Waals surface area contributed by atoms with E-state index in [1.54, 1.807) is 13.8 Å². The number of carbonyl (C=O) groups is 3. The minimum absolute atomic E-state index is 0.0172. The van der Waals surface area contributed by atoms with Crippen LogP contribution in [0.3, 0.4) is 0 Å². The minimum atomic E-state index is -0.584. The zero-order valence-corrected chi connectivity index (χ0v) is 12.6. The van der Waals surface area contributed by atoms with Gasteiger partial charge in [0.15, 0.2) is 5.78 Å². The Kier molecular flexibility index (Phi) is 8.03. The van der Waals surface area contributed by atoms with Gasteiger partial charge < -0.3 is 10.6 Å². The molecular formula is C14H26N2O3. The molecule has 19 heavy (non-hydrogen) atoms. The van der Waals surface area contributed by atoms with E-state index in [9.17, 15) is 14.4 Å². The first-order valence-corrected chi connectivity index (χ1v) is 6.89. The van der Waals surface area contributed by atoms with Crippen molar-refractivity contribution in [2.75, 3.05) is 6.54 Å². The van der Waals surface area contributed by atoms with Crippen molar-refractivity contribution in [1.82, 2.24) is 10.6 Å². The molecule has 0 saturated heterocycles. The van der Waals surface area contributed by atoms with Crippen molar-refractivity contribution in [3.05, 3.63) is 0 Å². The Morgan fingerprint density at radius 1 is 1.05 bits per heavy atom. The SMILES string of the molecule is CCCC(=O)NC(C(=O)NCC(=O)C(C)C)C(C)C. The van der Waals surface area contributed by atoms with Gasteiger partial charge in [-0.2, -0.15) is 0 Å². The summed E-state index contributed by atoms with van der Waals surface area (Å²) in [6.07, 6.45) is 1.14. The molecular weight excluding hydrogens is 244 g/mol. The molecule has 0 spiro atoms. The van der Waals surface area contributed by atoms with Crippen molar-refractivity contribution in [3.8, 4) is 0 Å². The van der Waals surface area contributed by atoms with Crippen LogP contribution >= 0.6 is 0 Å². The highest BCUT2D eigenvalue weighted by Crippen LogP contribution is 2.03. The van der Waals surface area contributed by atoms with Crippen LogP contribution in [0, 0.1) is 11.8 Å². The highest BCUT2D eigenvalue weighted by molar-refractivity contribution is 5.91. The lowest BCUT2D eigenvalue weighted by Gasteiger charge is -2.21. The molecule has 2 amide bonds. The molecule has 5 heteroatoms. The minimum Gasteiger partial charge on any atom is -0.347 e. The molecule has 0 aliphatic carbocycles. The fourth-order valence-electron chi connectivity index (χ4n) is 1.50. The van der Waals surface area contributed by atoms with Gasteiger partial charge in [0.05, 0.1) is 6.54 Å². The van der Waals surface area contributed by atoms with Crippen LogP contribution in [0.15, 0.2) is 0 Å². The smallest absolute Gasteiger partial charge is 0.243 e. The van der Waals surface area contributed by atoms with Gasteiger partial charge in [0.2, 0.25) is 11.8 Å². The van der Waals surface area contributed by atoms with Gasteiger partial charge >= 0.3 is 0 Å². The molecule has 0 fully saturated rings. The molecule has 0 aromatic rings. The predicted octanol–water partition coefficient (Wildman–Crippen LogP) is 1.27. The van der Waals surface area contributed by atoms with Gasteiger partial charge in [-0.1, -0.05) is 34.6 Å². The molecule has 1 atom stereocenters. The zero-order valence-electron chi connectivity index (χ0n) is 12.6. The van der Waals surface area contributed by atoms with Crippen molar-refractivity contribution >= 4 is 17.6 Å². The summed E-state index contributed by atoms with van der Waals surface area (Å²) < 4.78 is 0. The van der Waals surface area contributed by atoms with Crippen LogP contribution in [0.1, 0.15) is 47.5 Å². The average molecular weight is 270 g/mol. The number of hydrogen-bond acceptors (Lipinski definition) is 3. The molecule has 0 aromatic heterocycles. The molecule has 0 bridgehead atoms. The van der Waals surface area contributed by atoms with E-state index in [0.29, 0.717) is 6.42 Å². The van der Waals surface area contributed by atoms with E-state index >= 15 is 0 Å². The highest BCUT2D eigenvalue weighted by Gasteiger charge is 2.24. The third kappa shape index (κ3) is 6.94. The molecule has 1 unspecified atom stereocenters. The lowest BCUT2D eigenvalue weighted by molar-refractivity contribution is -0.131. The predicted molar refractivity (Wildman–Crippen MR) is 74.5 cm³/mol. The Morgan fingerprint density at radius 3 is 2.05 bits per heavy atom. The third-order valence-corrected chi connectivity index (χ3v) is 2.82. The van der Waals surface area contributed by atoms with Gasteiger partial charge in [0.25, 0.3) is 0 Å². The molecule has 5 nitrogen and oxygen atoms in total. The molecule has 0 saturated carbocycles. The van der Waals surface area contributed by atoms with Crippen molar-refractivity contribution < 1.29 is 14.4 Å². The highest BCUT2D eigenvalue weighted by atomic mass is 16.2. The quantitative estimate of drug-likeness (QED) is 0.697. The Bertz CT molecular complexity index is 325. The summed E-state index contributed by atoms with van der Waals surface area (Å²) in [6, 6.07) is -0.584. The van der Waals surface area contributed by atoms with Crippen LogP contribution in [-0.4, -0.2) is 30.2 Å². The van der Waals surface area contributed by atoms with E-state index < -0.39 is 6.04 Å². The fraction of sp³-hybridized carbons (Fsp3) is 0.786. The summed E-state index contributed by atoms with van der Waals surface area (Å²) in [5.74, 6) is -0.571. The number of carbonyl (C=O) groups excluding carboxylic acids is 3. The van der Waals surface area contributed by atoms with Crippen LogP contribution in [0.25, 0.3) is 0 Å². The van der Waals surface area contributed by atoms with Crippen molar-refractivity contribution in [2.45, 2.75) is 53.5 Å². The lowest BCUT2D eigenvalue weighted by atomic mass is 10.0. The molecule has 110 valence electrons. The average Bonchev–Trinajstić information content (AvgIpc) is 2.32. The summed E-state index contributed by atoms with van der Waals surface area (Å²) in [5.41, 5.74) is 0. The van der Waals surface area contributed by atoms with Crippen molar-refractivity contribution in [1.29, 1.82) is 0 Å². The van der Waals surface area contributed by atoms with E-state index in [1.165, 1.54) is 0 Å². The summed E-state index contributed by atoms with van der Waals surface area (Å²) in [7, 11) is 0.